The number of amides is 1. The minimum atomic E-state index is -0.833. The molecule has 1 fully saturated rings. The van der Waals surface area contributed by atoms with E-state index in [1.807, 2.05) is 24.3 Å². The summed E-state index contributed by atoms with van der Waals surface area (Å²) < 4.78 is 11.3. The number of aliphatic carboxylic acids is 1. The van der Waals surface area contributed by atoms with E-state index >= 15 is 0 Å². The lowest BCUT2D eigenvalue weighted by molar-refractivity contribution is -0.134. The molecule has 3 aromatic rings. The zero-order chi connectivity index (χ0) is 22.4. The predicted molar refractivity (Wildman–Crippen MR) is 116 cm³/mol. The first kappa shape index (κ1) is 21.6. The third-order valence-corrected chi connectivity index (χ3v) is 4.41. The SMILES string of the molecule is CC(=O)O.N=C(N)c1cccc(N2CC(COc3cccc4cnccc34)OC2=O)c1. The van der Waals surface area contributed by atoms with E-state index in [1.54, 1.807) is 36.7 Å². The van der Waals surface area contributed by atoms with Gasteiger partial charge in [-0.2, -0.15) is 0 Å². The molecule has 4 N–H and O–H groups in total. The van der Waals surface area contributed by atoms with E-state index in [1.165, 1.54) is 4.90 Å². The Kier molecular flexibility index (Phi) is 6.66. The molecule has 0 saturated carbocycles. The monoisotopic (exact) mass is 422 g/mol. The smallest absolute Gasteiger partial charge is 0.414 e. The van der Waals surface area contributed by atoms with Crippen LogP contribution in [-0.2, 0) is 9.53 Å². The molecule has 1 aliphatic rings. The van der Waals surface area contributed by atoms with E-state index in [2.05, 4.69) is 4.98 Å². The van der Waals surface area contributed by atoms with Crippen LogP contribution in [0.5, 0.6) is 5.75 Å². The molecule has 1 amide bonds. The highest BCUT2D eigenvalue weighted by Crippen LogP contribution is 2.26. The van der Waals surface area contributed by atoms with E-state index in [0.717, 1.165) is 23.4 Å². The van der Waals surface area contributed by atoms with E-state index in [-0.39, 0.29) is 12.4 Å². The summed E-state index contributed by atoms with van der Waals surface area (Å²) >= 11 is 0. The van der Waals surface area contributed by atoms with Gasteiger partial charge in [0, 0.05) is 41.3 Å². The fourth-order valence-electron chi connectivity index (χ4n) is 3.06. The highest BCUT2D eigenvalue weighted by atomic mass is 16.6. The second-order valence-corrected chi connectivity index (χ2v) is 6.76. The second kappa shape index (κ2) is 9.57. The van der Waals surface area contributed by atoms with E-state index in [0.29, 0.717) is 17.8 Å². The average molecular weight is 422 g/mol. The molecule has 0 bridgehead atoms. The summed E-state index contributed by atoms with van der Waals surface area (Å²) in [6.07, 6.45) is 2.66. The largest absolute Gasteiger partial charge is 0.489 e. The van der Waals surface area contributed by atoms with Crippen molar-refractivity contribution in [3.63, 3.8) is 0 Å². The topological polar surface area (TPSA) is 139 Å². The Labute approximate surface area is 178 Å². The van der Waals surface area contributed by atoms with Crippen LogP contribution in [0, 0.1) is 5.41 Å². The first-order chi connectivity index (χ1) is 14.8. The van der Waals surface area contributed by atoms with E-state index in [4.69, 9.17) is 30.5 Å². The quantitative estimate of drug-likeness (QED) is 0.424. The molecule has 1 unspecified atom stereocenters. The number of fused-ring (bicyclic) bond motifs is 1. The van der Waals surface area contributed by atoms with Gasteiger partial charge in [0.2, 0.25) is 0 Å². The van der Waals surface area contributed by atoms with Gasteiger partial charge in [0.15, 0.2) is 6.10 Å². The molecule has 1 saturated heterocycles. The molecule has 1 aliphatic heterocycles. The van der Waals surface area contributed by atoms with Crippen LogP contribution in [-0.4, -0.2) is 47.2 Å². The Bertz CT molecular complexity index is 1110. The van der Waals surface area contributed by atoms with Gasteiger partial charge < -0.3 is 20.3 Å². The number of carboxylic acids is 1. The van der Waals surface area contributed by atoms with Crippen molar-refractivity contribution in [1.82, 2.24) is 4.98 Å². The van der Waals surface area contributed by atoms with Crippen LogP contribution in [0.25, 0.3) is 10.8 Å². The van der Waals surface area contributed by atoms with Crippen molar-refractivity contribution in [2.45, 2.75) is 13.0 Å². The summed E-state index contributed by atoms with van der Waals surface area (Å²) in [6, 6.07) is 14.6. The molecular weight excluding hydrogens is 400 g/mol. The number of carboxylic acid groups (broad SMARTS) is 1. The highest BCUT2D eigenvalue weighted by Gasteiger charge is 2.33. The van der Waals surface area contributed by atoms with Crippen molar-refractivity contribution >= 4 is 34.4 Å². The molecule has 9 heteroatoms. The van der Waals surface area contributed by atoms with Crippen molar-refractivity contribution in [3.8, 4) is 5.75 Å². The number of amidine groups is 1. The van der Waals surface area contributed by atoms with Gasteiger partial charge in [-0.1, -0.05) is 24.3 Å². The van der Waals surface area contributed by atoms with Crippen molar-refractivity contribution in [2.75, 3.05) is 18.1 Å². The Morgan fingerprint density at radius 1 is 1.32 bits per heavy atom. The Balaban J connectivity index is 0.000000628. The first-order valence-electron chi connectivity index (χ1n) is 9.43. The molecule has 1 atom stereocenters. The van der Waals surface area contributed by atoms with E-state index < -0.39 is 18.2 Å². The lowest BCUT2D eigenvalue weighted by atomic mass is 10.1. The third kappa shape index (κ3) is 5.47. The van der Waals surface area contributed by atoms with Gasteiger partial charge in [-0.05, 0) is 24.3 Å². The molecule has 4 rings (SSSR count). The molecule has 0 aliphatic carbocycles. The standard InChI is InChI=1S/C20H18N4O3.C2H4O2/c21-19(22)13-3-1-5-15(9-13)24-11-16(27-20(24)25)12-26-18-6-2-4-14-10-23-8-7-17(14)18;1-2(3)4/h1-10,16H,11-12H2,(H3,21,22);1H3,(H,3,4). The lowest BCUT2D eigenvalue weighted by Crippen LogP contribution is -2.27. The zero-order valence-electron chi connectivity index (χ0n) is 16.8. The number of nitrogens with one attached hydrogen (secondary N) is 1. The summed E-state index contributed by atoms with van der Waals surface area (Å²) in [6.45, 7) is 1.70. The van der Waals surface area contributed by atoms with E-state index in [9.17, 15) is 4.79 Å². The highest BCUT2D eigenvalue weighted by molar-refractivity contribution is 5.97. The van der Waals surface area contributed by atoms with Crippen molar-refractivity contribution in [3.05, 3.63) is 66.5 Å². The Morgan fingerprint density at radius 2 is 2.06 bits per heavy atom. The minimum absolute atomic E-state index is 0.0465. The molecule has 0 spiro atoms. The summed E-state index contributed by atoms with van der Waals surface area (Å²) in [7, 11) is 0. The van der Waals surface area contributed by atoms with Crippen molar-refractivity contribution in [2.24, 2.45) is 5.73 Å². The number of nitrogens with zero attached hydrogens (tertiary/aromatic N) is 2. The van der Waals surface area contributed by atoms with Crippen LogP contribution in [0.2, 0.25) is 0 Å². The number of anilines is 1. The number of nitrogen functional groups attached to an aromatic ring is 1. The minimum Gasteiger partial charge on any atom is -0.489 e. The molecule has 0 radical (unpaired) electrons. The fourth-order valence-corrected chi connectivity index (χ4v) is 3.06. The van der Waals surface area contributed by atoms with Crippen LogP contribution in [0.4, 0.5) is 10.5 Å². The molecule has 31 heavy (non-hydrogen) atoms. The maximum atomic E-state index is 12.2. The summed E-state index contributed by atoms with van der Waals surface area (Å²) in [5.74, 6) is -0.155. The van der Waals surface area contributed by atoms with Crippen LogP contribution in [0.1, 0.15) is 12.5 Å². The fraction of sp³-hybridized carbons (Fsp3) is 0.182. The number of pyridine rings is 1. The van der Waals surface area contributed by atoms with Gasteiger partial charge in [-0.15, -0.1) is 0 Å². The number of rotatable bonds is 5. The Hall–Kier alpha value is -4.14. The van der Waals surface area contributed by atoms with Gasteiger partial charge in [-0.25, -0.2) is 4.79 Å². The van der Waals surface area contributed by atoms with Crippen LogP contribution >= 0.6 is 0 Å². The zero-order valence-corrected chi connectivity index (χ0v) is 16.8. The summed E-state index contributed by atoms with van der Waals surface area (Å²) in [5, 5.41) is 16.9. The van der Waals surface area contributed by atoms with Crippen LogP contribution in [0.15, 0.2) is 60.9 Å². The molecule has 1 aromatic heterocycles. The van der Waals surface area contributed by atoms with Gasteiger partial charge in [0.1, 0.15) is 18.2 Å². The third-order valence-electron chi connectivity index (χ3n) is 4.41. The normalized spacial score (nSPS) is 15.1. The van der Waals surface area contributed by atoms with Gasteiger partial charge >= 0.3 is 6.09 Å². The summed E-state index contributed by atoms with van der Waals surface area (Å²) in [5.41, 5.74) is 6.73. The molecule has 2 aromatic carbocycles. The number of ether oxygens (including phenoxy) is 2. The summed E-state index contributed by atoms with van der Waals surface area (Å²) in [4.78, 5) is 26.9. The molecule has 9 nitrogen and oxygen atoms in total. The number of hydrogen-bond donors (Lipinski definition) is 3. The molecule has 160 valence electrons. The number of hydrogen-bond acceptors (Lipinski definition) is 6. The average Bonchev–Trinajstić information content (AvgIpc) is 3.12. The number of carbonyl (C=O) groups is 2. The maximum Gasteiger partial charge on any atom is 0.414 e. The van der Waals surface area contributed by atoms with Crippen LogP contribution in [0.3, 0.4) is 0 Å². The maximum absolute atomic E-state index is 12.2. The Morgan fingerprint density at radius 3 is 2.81 bits per heavy atom. The number of nitrogens with two attached hydrogens (primary N) is 1. The van der Waals surface area contributed by atoms with Gasteiger partial charge in [0.25, 0.3) is 5.97 Å². The number of carbonyl (C=O) groups excluding carboxylic acids is 1. The van der Waals surface area contributed by atoms with Gasteiger partial charge in [-0.3, -0.25) is 20.1 Å². The lowest BCUT2D eigenvalue weighted by Gasteiger charge is -2.14. The van der Waals surface area contributed by atoms with Crippen LogP contribution < -0.4 is 15.4 Å². The molecular formula is C22H22N4O5. The van der Waals surface area contributed by atoms with Crippen molar-refractivity contribution in [1.29, 1.82) is 5.41 Å². The number of cyclic esters (lactones) is 1. The number of aromatic nitrogens is 1. The molecule has 2 heterocycles. The predicted octanol–water partition coefficient (Wildman–Crippen LogP) is 3.01. The second-order valence-electron chi connectivity index (χ2n) is 6.76. The van der Waals surface area contributed by atoms with Crippen molar-refractivity contribution < 1.29 is 24.2 Å². The first-order valence-corrected chi connectivity index (χ1v) is 9.43. The van der Waals surface area contributed by atoms with Gasteiger partial charge in [0.05, 0.1) is 6.54 Å². The number of benzene rings is 2.